The summed E-state index contributed by atoms with van der Waals surface area (Å²) in [4.78, 5) is 26.8. The van der Waals surface area contributed by atoms with Crippen molar-refractivity contribution < 1.29 is 4.79 Å². The molecule has 1 saturated heterocycles. The van der Waals surface area contributed by atoms with Gasteiger partial charge in [-0.05, 0) is 43.1 Å². The van der Waals surface area contributed by atoms with Crippen molar-refractivity contribution in [2.45, 2.75) is 47.0 Å². The van der Waals surface area contributed by atoms with Gasteiger partial charge in [-0.1, -0.05) is 20.8 Å². The van der Waals surface area contributed by atoms with Gasteiger partial charge >= 0.3 is 0 Å². The van der Waals surface area contributed by atoms with E-state index in [1.807, 2.05) is 11.8 Å². The van der Waals surface area contributed by atoms with Crippen molar-refractivity contribution in [3.05, 3.63) is 22.1 Å². The van der Waals surface area contributed by atoms with Gasteiger partial charge < -0.3 is 10.2 Å². The Kier molecular flexibility index (Phi) is 4.40. The molecule has 29 heavy (non-hydrogen) atoms. The molecule has 1 aliphatic carbocycles. The van der Waals surface area contributed by atoms with Gasteiger partial charge in [0, 0.05) is 31.1 Å². The van der Waals surface area contributed by atoms with Crippen molar-refractivity contribution in [1.82, 2.24) is 29.8 Å². The van der Waals surface area contributed by atoms with Crippen LogP contribution in [0.1, 0.15) is 54.1 Å². The van der Waals surface area contributed by atoms with Crippen LogP contribution in [0, 0.1) is 18.3 Å². The number of hydrogen-bond acceptors (Lipinski definition) is 6. The van der Waals surface area contributed by atoms with E-state index in [1.165, 1.54) is 16.9 Å². The van der Waals surface area contributed by atoms with Crippen molar-refractivity contribution in [1.29, 1.82) is 0 Å². The normalized spacial score (nSPS) is 20.4. The zero-order valence-corrected chi connectivity index (χ0v) is 18.4. The van der Waals surface area contributed by atoms with Gasteiger partial charge in [0.2, 0.25) is 5.82 Å². The van der Waals surface area contributed by atoms with E-state index in [2.05, 4.69) is 31.2 Å². The van der Waals surface area contributed by atoms with E-state index < -0.39 is 0 Å². The van der Waals surface area contributed by atoms with Crippen LogP contribution in [0.3, 0.4) is 0 Å². The van der Waals surface area contributed by atoms with Gasteiger partial charge in [0.25, 0.3) is 5.91 Å². The quantitative estimate of drug-likeness (QED) is 0.665. The maximum absolute atomic E-state index is 12.9. The van der Waals surface area contributed by atoms with Crippen LogP contribution >= 0.6 is 11.3 Å². The molecular weight excluding hydrogens is 384 g/mol. The molecule has 1 amide bonds. The van der Waals surface area contributed by atoms with Gasteiger partial charge in [0.15, 0.2) is 5.65 Å². The van der Waals surface area contributed by atoms with Crippen molar-refractivity contribution in [3.8, 4) is 0 Å². The first-order valence-electron chi connectivity index (χ1n) is 10.5. The second-order valence-electron chi connectivity index (χ2n) is 9.36. The lowest BCUT2D eigenvalue weighted by Crippen LogP contribution is -2.46. The zero-order valence-electron chi connectivity index (χ0n) is 17.6. The van der Waals surface area contributed by atoms with Crippen LogP contribution in [0.15, 0.2) is 0 Å². The molecule has 7 nitrogen and oxygen atoms in total. The summed E-state index contributed by atoms with van der Waals surface area (Å²) in [5.41, 5.74) is 2.47. The fourth-order valence-corrected chi connectivity index (χ4v) is 5.95. The molecule has 8 heteroatoms. The highest BCUT2D eigenvalue weighted by atomic mass is 32.1. The number of carbonyl (C=O) groups excluding carboxylic acids is 1. The van der Waals surface area contributed by atoms with E-state index in [1.54, 1.807) is 15.9 Å². The molecule has 0 saturated carbocycles. The van der Waals surface area contributed by atoms with Gasteiger partial charge in [-0.3, -0.25) is 4.79 Å². The molecule has 3 aromatic heterocycles. The molecule has 1 atom stereocenters. The molecule has 1 fully saturated rings. The standard InChI is InChI=1S/C21H28N6OS/c1-12-23-19-16(14-6-5-13(21(2,3)4)11-15(14)29-19)18-24-17(25-27(12)18)20(28)26-9-7-22-8-10-26/h13,22H,5-11H2,1-4H3/t13-/m0/s1. The van der Waals surface area contributed by atoms with Crippen molar-refractivity contribution in [2.75, 3.05) is 26.2 Å². The fraction of sp³-hybridized carbons (Fsp3) is 0.619. The smallest absolute Gasteiger partial charge is 0.293 e. The Labute approximate surface area is 174 Å². The Morgan fingerprint density at radius 2 is 1.97 bits per heavy atom. The number of carbonyl (C=O) groups is 1. The minimum absolute atomic E-state index is 0.0837. The van der Waals surface area contributed by atoms with Crippen LogP contribution in [0.2, 0.25) is 0 Å². The third-order valence-corrected chi connectivity index (χ3v) is 7.62. The fourth-order valence-electron chi connectivity index (χ4n) is 4.61. The van der Waals surface area contributed by atoms with Gasteiger partial charge in [-0.25, -0.2) is 9.97 Å². The maximum Gasteiger partial charge on any atom is 0.293 e. The lowest BCUT2D eigenvalue weighted by molar-refractivity contribution is 0.0723. The summed E-state index contributed by atoms with van der Waals surface area (Å²) < 4.78 is 1.76. The van der Waals surface area contributed by atoms with E-state index in [4.69, 9.17) is 9.97 Å². The number of piperazine rings is 1. The molecule has 1 aliphatic heterocycles. The Morgan fingerprint density at radius 3 is 2.69 bits per heavy atom. The van der Waals surface area contributed by atoms with Crippen LogP contribution in [0.25, 0.3) is 15.9 Å². The van der Waals surface area contributed by atoms with E-state index in [0.717, 1.165) is 47.6 Å². The van der Waals surface area contributed by atoms with Crippen LogP contribution in [0.4, 0.5) is 0 Å². The van der Waals surface area contributed by atoms with Gasteiger partial charge in [0.1, 0.15) is 10.7 Å². The molecule has 1 N–H and O–H groups in total. The van der Waals surface area contributed by atoms with Crippen LogP contribution in [0.5, 0.6) is 0 Å². The number of nitrogens with zero attached hydrogens (tertiary/aromatic N) is 5. The highest BCUT2D eigenvalue weighted by Gasteiger charge is 2.32. The number of amides is 1. The molecule has 0 unspecified atom stereocenters. The van der Waals surface area contributed by atoms with Crippen molar-refractivity contribution in [2.24, 2.45) is 11.3 Å². The lowest BCUT2D eigenvalue weighted by Gasteiger charge is -2.33. The topological polar surface area (TPSA) is 75.4 Å². The predicted octanol–water partition coefficient (Wildman–Crippen LogP) is 2.84. The zero-order chi connectivity index (χ0) is 20.3. The molecule has 3 aromatic rings. The Bertz CT molecular complexity index is 1100. The molecule has 0 bridgehead atoms. The molecule has 0 radical (unpaired) electrons. The van der Waals surface area contributed by atoms with E-state index in [9.17, 15) is 4.79 Å². The molecule has 0 aromatic carbocycles. The number of fused-ring (bicyclic) bond motifs is 5. The first kappa shape index (κ1) is 18.9. The summed E-state index contributed by atoms with van der Waals surface area (Å²) in [5, 5.41) is 8.94. The molecule has 2 aliphatic rings. The Balaban J connectivity index is 1.60. The third-order valence-electron chi connectivity index (χ3n) is 6.47. The average Bonchev–Trinajstić information content (AvgIpc) is 3.28. The van der Waals surface area contributed by atoms with Gasteiger partial charge in [-0.15, -0.1) is 16.4 Å². The van der Waals surface area contributed by atoms with E-state index in [-0.39, 0.29) is 11.7 Å². The number of aryl methyl sites for hydroxylation is 2. The summed E-state index contributed by atoms with van der Waals surface area (Å²) >= 11 is 1.80. The number of aromatic nitrogens is 4. The van der Waals surface area contributed by atoms with Crippen LogP contribution in [-0.2, 0) is 12.8 Å². The monoisotopic (exact) mass is 412 g/mol. The molecule has 4 heterocycles. The van der Waals surface area contributed by atoms with E-state index >= 15 is 0 Å². The number of hydrogen-bond donors (Lipinski definition) is 1. The second kappa shape index (κ2) is 6.74. The Morgan fingerprint density at radius 1 is 1.21 bits per heavy atom. The van der Waals surface area contributed by atoms with Gasteiger partial charge in [-0.2, -0.15) is 4.52 Å². The number of thiophene rings is 1. The van der Waals surface area contributed by atoms with Crippen molar-refractivity contribution in [3.63, 3.8) is 0 Å². The predicted molar refractivity (Wildman–Crippen MR) is 115 cm³/mol. The molecular formula is C21H28N6OS. The van der Waals surface area contributed by atoms with Crippen molar-refractivity contribution >= 4 is 33.1 Å². The highest BCUT2D eigenvalue weighted by Crippen LogP contribution is 2.43. The summed E-state index contributed by atoms with van der Waals surface area (Å²) in [6.45, 7) is 12.0. The minimum Gasteiger partial charge on any atom is -0.333 e. The average molecular weight is 413 g/mol. The van der Waals surface area contributed by atoms with E-state index in [0.29, 0.717) is 24.4 Å². The third kappa shape index (κ3) is 3.13. The second-order valence-corrected chi connectivity index (χ2v) is 10.4. The summed E-state index contributed by atoms with van der Waals surface area (Å²) in [6.07, 6.45) is 3.33. The highest BCUT2D eigenvalue weighted by molar-refractivity contribution is 7.19. The lowest BCUT2D eigenvalue weighted by atomic mass is 9.72. The minimum atomic E-state index is -0.0837. The molecule has 154 valence electrons. The molecule has 0 spiro atoms. The van der Waals surface area contributed by atoms with Gasteiger partial charge in [0.05, 0.1) is 5.39 Å². The maximum atomic E-state index is 12.9. The summed E-state index contributed by atoms with van der Waals surface area (Å²) in [6, 6.07) is 0. The van der Waals surface area contributed by atoms with Crippen LogP contribution in [-0.4, -0.2) is 56.6 Å². The largest absolute Gasteiger partial charge is 0.333 e. The first-order chi connectivity index (χ1) is 13.8. The Hall–Kier alpha value is -2.06. The SMILES string of the molecule is Cc1nc2sc3c(c2c2nc(C(=O)N4CCNCC4)nn12)CC[C@H](C(C)(C)C)C3. The number of nitrogens with one attached hydrogen (secondary N) is 1. The molecule has 5 rings (SSSR count). The van der Waals surface area contributed by atoms with Crippen LogP contribution < -0.4 is 5.32 Å². The number of rotatable bonds is 1. The summed E-state index contributed by atoms with van der Waals surface area (Å²) in [7, 11) is 0. The first-order valence-corrected chi connectivity index (χ1v) is 11.3. The summed E-state index contributed by atoms with van der Waals surface area (Å²) in [5.74, 6) is 1.67.